The summed E-state index contributed by atoms with van der Waals surface area (Å²) in [7, 11) is -0.854. The quantitative estimate of drug-likeness (QED) is 0.794. The summed E-state index contributed by atoms with van der Waals surface area (Å²) in [6.45, 7) is 2.78. The van der Waals surface area contributed by atoms with Crippen molar-refractivity contribution in [3.05, 3.63) is 0 Å². The zero-order valence-electron chi connectivity index (χ0n) is 10.9. The van der Waals surface area contributed by atoms with Crippen molar-refractivity contribution >= 4 is 16.7 Å². The van der Waals surface area contributed by atoms with Crippen LogP contribution in [0.25, 0.3) is 0 Å². The van der Waals surface area contributed by atoms with Crippen LogP contribution >= 0.6 is 0 Å². The molecule has 1 N–H and O–H groups in total. The first-order valence-corrected chi connectivity index (χ1v) is 7.83. The Balaban J connectivity index is 2.52. The number of nitrogens with zero attached hydrogens (tertiary/aromatic N) is 1. The zero-order valence-corrected chi connectivity index (χ0v) is 11.7. The van der Waals surface area contributed by atoms with Crippen molar-refractivity contribution in [2.75, 3.05) is 25.2 Å². The lowest BCUT2D eigenvalue weighted by atomic mass is 9.80. The molecular formula is C12H20N2O3S. The fourth-order valence-electron chi connectivity index (χ4n) is 1.89. The summed E-state index contributed by atoms with van der Waals surface area (Å²) in [6.07, 6.45) is 3.19. The Bertz CT molecular complexity index is 359. The maximum atomic E-state index is 12.1. The van der Waals surface area contributed by atoms with Gasteiger partial charge in [0.25, 0.3) is 0 Å². The van der Waals surface area contributed by atoms with Gasteiger partial charge in [-0.1, -0.05) is 0 Å². The third-order valence-corrected chi connectivity index (χ3v) is 4.02. The van der Waals surface area contributed by atoms with Gasteiger partial charge in [0.05, 0.1) is 6.07 Å². The van der Waals surface area contributed by atoms with Crippen LogP contribution in [0.15, 0.2) is 0 Å². The molecular weight excluding hydrogens is 252 g/mol. The summed E-state index contributed by atoms with van der Waals surface area (Å²) >= 11 is 0. The van der Waals surface area contributed by atoms with Gasteiger partial charge in [0.2, 0.25) is 5.91 Å². The van der Waals surface area contributed by atoms with Gasteiger partial charge in [0.15, 0.2) is 0 Å². The number of hydrogen-bond donors (Lipinski definition) is 1. The summed E-state index contributed by atoms with van der Waals surface area (Å²) < 4.78 is 16.2. The van der Waals surface area contributed by atoms with E-state index >= 15 is 0 Å². The van der Waals surface area contributed by atoms with Gasteiger partial charge in [-0.05, 0) is 26.2 Å². The Morgan fingerprint density at radius 2 is 2.17 bits per heavy atom. The number of carbonyl (C=O) groups excluding carboxylic acids is 1. The number of hydrogen-bond acceptors (Lipinski definition) is 4. The van der Waals surface area contributed by atoms with Crippen LogP contribution in [0.4, 0.5) is 0 Å². The lowest BCUT2D eigenvalue weighted by Crippen LogP contribution is -2.47. The molecule has 1 saturated heterocycles. The van der Waals surface area contributed by atoms with Crippen molar-refractivity contribution in [3.8, 4) is 6.07 Å². The van der Waals surface area contributed by atoms with Crippen molar-refractivity contribution in [1.29, 1.82) is 5.26 Å². The normalized spacial score (nSPS) is 21.6. The average molecular weight is 272 g/mol. The topological polar surface area (TPSA) is 79.2 Å². The Hall–Kier alpha value is -0.930. The summed E-state index contributed by atoms with van der Waals surface area (Å²) in [5.41, 5.74) is -0.947. The molecule has 1 aliphatic heterocycles. The van der Waals surface area contributed by atoms with Crippen molar-refractivity contribution in [1.82, 2.24) is 5.32 Å². The molecule has 1 rings (SSSR count). The molecule has 18 heavy (non-hydrogen) atoms. The van der Waals surface area contributed by atoms with E-state index in [9.17, 15) is 14.3 Å². The highest BCUT2D eigenvalue weighted by Crippen LogP contribution is 2.30. The fraction of sp³-hybridized carbons (Fsp3) is 0.833. The predicted molar refractivity (Wildman–Crippen MR) is 69.3 cm³/mol. The minimum Gasteiger partial charge on any atom is -0.381 e. The van der Waals surface area contributed by atoms with Crippen molar-refractivity contribution in [2.45, 2.75) is 32.2 Å². The van der Waals surface area contributed by atoms with E-state index in [1.165, 1.54) is 0 Å². The zero-order chi connectivity index (χ0) is 13.6. The smallest absolute Gasteiger partial charge is 0.240 e. The molecule has 1 amide bonds. The van der Waals surface area contributed by atoms with Gasteiger partial charge >= 0.3 is 0 Å². The van der Waals surface area contributed by atoms with E-state index in [1.807, 2.05) is 6.92 Å². The SMILES string of the molecule is CC(CCS(C)=O)NC(=O)C1(C#N)CCOCC1. The molecule has 1 aliphatic rings. The second-order valence-electron chi connectivity index (χ2n) is 4.75. The number of carbonyl (C=O) groups is 1. The summed E-state index contributed by atoms with van der Waals surface area (Å²) in [4.78, 5) is 12.1. The number of rotatable bonds is 5. The van der Waals surface area contributed by atoms with Crippen molar-refractivity contribution < 1.29 is 13.7 Å². The molecule has 0 aromatic carbocycles. The monoisotopic (exact) mass is 272 g/mol. The number of ether oxygens (including phenoxy) is 1. The maximum Gasteiger partial charge on any atom is 0.240 e. The minimum absolute atomic E-state index is 0.0607. The van der Waals surface area contributed by atoms with E-state index in [0.717, 1.165) is 0 Å². The van der Waals surface area contributed by atoms with E-state index in [0.29, 0.717) is 38.2 Å². The predicted octanol–water partition coefficient (Wildman–Crippen LogP) is 0.580. The van der Waals surface area contributed by atoms with Crippen LogP contribution in [0.5, 0.6) is 0 Å². The number of amides is 1. The Morgan fingerprint density at radius 3 is 2.67 bits per heavy atom. The van der Waals surface area contributed by atoms with Gasteiger partial charge < -0.3 is 10.1 Å². The average Bonchev–Trinajstić information content (AvgIpc) is 2.37. The second-order valence-corrected chi connectivity index (χ2v) is 6.30. The molecule has 0 bridgehead atoms. The number of nitrogens with one attached hydrogen (secondary N) is 1. The molecule has 6 heteroatoms. The van der Waals surface area contributed by atoms with E-state index in [-0.39, 0.29) is 11.9 Å². The van der Waals surface area contributed by atoms with Crippen LogP contribution in [0.1, 0.15) is 26.2 Å². The van der Waals surface area contributed by atoms with Crippen LogP contribution in [-0.4, -0.2) is 41.4 Å². The molecule has 1 heterocycles. The molecule has 0 aromatic rings. The lowest BCUT2D eigenvalue weighted by molar-refractivity contribution is -0.133. The highest BCUT2D eigenvalue weighted by Gasteiger charge is 2.40. The largest absolute Gasteiger partial charge is 0.381 e. The molecule has 0 radical (unpaired) electrons. The van der Waals surface area contributed by atoms with Gasteiger partial charge in [0, 0.05) is 42.1 Å². The van der Waals surface area contributed by atoms with E-state index < -0.39 is 16.2 Å². The van der Waals surface area contributed by atoms with Gasteiger partial charge in [-0.25, -0.2) is 0 Å². The number of nitriles is 1. The first-order valence-electron chi connectivity index (χ1n) is 6.10. The van der Waals surface area contributed by atoms with Gasteiger partial charge in [-0.2, -0.15) is 5.26 Å². The van der Waals surface area contributed by atoms with Crippen molar-refractivity contribution in [2.24, 2.45) is 5.41 Å². The van der Waals surface area contributed by atoms with Gasteiger partial charge in [-0.3, -0.25) is 9.00 Å². The van der Waals surface area contributed by atoms with E-state index in [1.54, 1.807) is 6.26 Å². The second kappa shape index (κ2) is 6.86. The molecule has 0 aliphatic carbocycles. The standard InChI is InChI=1S/C12H20N2O3S/c1-10(3-8-18(2)16)14-11(15)12(9-13)4-6-17-7-5-12/h10H,3-8H2,1-2H3,(H,14,15). The minimum atomic E-state index is -0.947. The molecule has 102 valence electrons. The first kappa shape index (κ1) is 15.1. The Kier molecular flexibility index (Phi) is 5.76. The maximum absolute atomic E-state index is 12.1. The summed E-state index contributed by atoms with van der Waals surface area (Å²) in [6, 6.07) is 2.07. The molecule has 2 unspecified atom stereocenters. The van der Waals surface area contributed by atoms with Crippen molar-refractivity contribution in [3.63, 3.8) is 0 Å². The van der Waals surface area contributed by atoms with Gasteiger partial charge in [0.1, 0.15) is 5.41 Å². The highest BCUT2D eigenvalue weighted by molar-refractivity contribution is 7.84. The van der Waals surface area contributed by atoms with E-state index in [2.05, 4.69) is 11.4 Å². The van der Waals surface area contributed by atoms with Crippen LogP contribution in [-0.2, 0) is 20.3 Å². The molecule has 0 aromatic heterocycles. The third kappa shape index (κ3) is 4.07. The van der Waals surface area contributed by atoms with E-state index in [4.69, 9.17) is 4.74 Å². The van der Waals surface area contributed by atoms with Crippen LogP contribution in [0.2, 0.25) is 0 Å². The van der Waals surface area contributed by atoms with Crippen LogP contribution in [0, 0.1) is 16.7 Å². The Morgan fingerprint density at radius 1 is 1.56 bits per heavy atom. The highest BCUT2D eigenvalue weighted by atomic mass is 32.2. The van der Waals surface area contributed by atoms with Crippen LogP contribution < -0.4 is 5.32 Å². The molecule has 1 fully saturated rings. The first-order chi connectivity index (χ1) is 8.50. The molecule has 0 spiro atoms. The molecule has 2 atom stereocenters. The summed E-state index contributed by atoms with van der Waals surface area (Å²) in [5.74, 6) is 0.340. The lowest BCUT2D eigenvalue weighted by Gasteiger charge is -2.30. The Labute approximate surface area is 110 Å². The summed E-state index contributed by atoms with van der Waals surface area (Å²) in [5, 5.41) is 12.1. The molecule has 0 saturated carbocycles. The third-order valence-electron chi connectivity index (χ3n) is 3.21. The van der Waals surface area contributed by atoms with Crippen LogP contribution in [0.3, 0.4) is 0 Å². The van der Waals surface area contributed by atoms with Gasteiger partial charge in [-0.15, -0.1) is 0 Å². The fourth-order valence-corrected chi connectivity index (χ4v) is 2.57. The molecule has 5 nitrogen and oxygen atoms in total.